The lowest BCUT2D eigenvalue weighted by Crippen LogP contribution is -2.35. The highest BCUT2D eigenvalue weighted by Gasteiger charge is 2.37. The number of esters is 1. The summed E-state index contributed by atoms with van der Waals surface area (Å²) in [6, 6.07) is -0.664. The third kappa shape index (κ3) is 1.74. The summed E-state index contributed by atoms with van der Waals surface area (Å²) < 4.78 is 4.72. The van der Waals surface area contributed by atoms with Gasteiger partial charge in [0.05, 0.1) is 6.10 Å². The number of aliphatic hydroxyl groups excluding tert-OH is 2. The Kier molecular flexibility index (Phi) is 2.66. The summed E-state index contributed by atoms with van der Waals surface area (Å²) in [5, 5.41) is 18.3. The first-order valence-electron chi connectivity index (χ1n) is 3.84. The first-order valence-corrected chi connectivity index (χ1v) is 3.84. The molecular weight excluding hydrogens is 162 g/mol. The SMILES string of the molecule is CC(O)C(O)C1CC(N)C(=O)O1. The third-order valence-corrected chi connectivity index (χ3v) is 1.93. The van der Waals surface area contributed by atoms with E-state index in [2.05, 4.69) is 0 Å². The van der Waals surface area contributed by atoms with Crippen molar-refractivity contribution >= 4 is 5.97 Å². The van der Waals surface area contributed by atoms with Gasteiger partial charge in [-0.15, -0.1) is 0 Å². The smallest absolute Gasteiger partial charge is 0.323 e. The first-order chi connectivity index (χ1) is 5.52. The van der Waals surface area contributed by atoms with Gasteiger partial charge in [-0.1, -0.05) is 0 Å². The molecule has 0 aliphatic carbocycles. The Hall–Kier alpha value is -0.650. The van der Waals surface area contributed by atoms with Gasteiger partial charge in [-0.3, -0.25) is 4.79 Å². The molecule has 0 bridgehead atoms. The molecule has 1 aliphatic heterocycles. The molecular formula is C7H13NO4. The monoisotopic (exact) mass is 175 g/mol. The summed E-state index contributed by atoms with van der Waals surface area (Å²) in [5.74, 6) is -0.514. The minimum atomic E-state index is -1.04. The predicted octanol–water partition coefficient (Wildman–Crippen LogP) is -1.63. The van der Waals surface area contributed by atoms with Gasteiger partial charge < -0.3 is 20.7 Å². The summed E-state index contributed by atoms with van der Waals surface area (Å²) in [7, 11) is 0. The molecule has 0 radical (unpaired) electrons. The Bertz CT molecular complexity index is 182. The van der Waals surface area contributed by atoms with E-state index in [9.17, 15) is 9.90 Å². The maximum atomic E-state index is 10.8. The first kappa shape index (κ1) is 9.44. The third-order valence-electron chi connectivity index (χ3n) is 1.93. The molecule has 5 nitrogen and oxygen atoms in total. The van der Waals surface area contributed by atoms with Gasteiger partial charge >= 0.3 is 5.97 Å². The molecule has 1 saturated heterocycles. The number of nitrogens with two attached hydrogens (primary N) is 1. The Morgan fingerprint density at radius 2 is 2.25 bits per heavy atom. The fourth-order valence-electron chi connectivity index (χ4n) is 1.15. The Balaban J connectivity index is 2.51. The quantitative estimate of drug-likeness (QED) is 0.438. The van der Waals surface area contributed by atoms with Crippen LogP contribution in [0.2, 0.25) is 0 Å². The zero-order valence-electron chi connectivity index (χ0n) is 6.80. The molecule has 1 heterocycles. The number of cyclic esters (lactones) is 1. The summed E-state index contributed by atoms with van der Waals surface area (Å²) in [6.45, 7) is 1.43. The van der Waals surface area contributed by atoms with Gasteiger partial charge in [0.1, 0.15) is 18.2 Å². The largest absolute Gasteiger partial charge is 0.458 e. The van der Waals surface area contributed by atoms with Crippen molar-refractivity contribution in [2.75, 3.05) is 0 Å². The lowest BCUT2D eigenvalue weighted by Gasteiger charge is -2.18. The number of aliphatic hydroxyl groups is 2. The van der Waals surface area contributed by atoms with E-state index in [1.54, 1.807) is 0 Å². The zero-order chi connectivity index (χ0) is 9.30. The normalized spacial score (nSPS) is 34.5. The second-order valence-corrected chi connectivity index (χ2v) is 3.05. The second kappa shape index (κ2) is 3.38. The number of rotatable bonds is 2. The van der Waals surface area contributed by atoms with Gasteiger partial charge in [0.15, 0.2) is 0 Å². The van der Waals surface area contributed by atoms with Crippen LogP contribution in [0.25, 0.3) is 0 Å². The van der Waals surface area contributed by atoms with Crippen LogP contribution in [0, 0.1) is 0 Å². The average Bonchev–Trinajstić information content (AvgIpc) is 2.30. The number of ether oxygens (including phenoxy) is 1. The van der Waals surface area contributed by atoms with Crippen LogP contribution in [0.4, 0.5) is 0 Å². The standard InChI is InChI=1S/C7H13NO4/c1-3(9)6(10)5-2-4(8)7(11)12-5/h3-6,9-10H,2,8H2,1H3. The molecule has 70 valence electrons. The van der Waals surface area contributed by atoms with Gasteiger partial charge in [0.2, 0.25) is 0 Å². The molecule has 0 spiro atoms. The van der Waals surface area contributed by atoms with Gasteiger partial charge in [-0.2, -0.15) is 0 Å². The van der Waals surface area contributed by atoms with E-state index in [1.807, 2.05) is 0 Å². The molecule has 0 aromatic rings. The number of carbonyl (C=O) groups excluding carboxylic acids is 1. The van der Waals surface area contributed by atoms with E-state index < -0.39 is 30.3 Å². The molecule has 5 heteroatoms. The molecule has 0 amide bonds. The van der Waals surface area contributed by atoms with Crippen LogP contribution >= 0.6 is 0 Å². The van der Waals surface area contributed by atoms with Crippen LogP contribution < -0.4 is 5.73 Å². The summed E-state index contributed by atoms with van der Waals surface area (Å²) in [6.07, 6.45) is -2.34. The molecule has 4 N–H and O–H groups in total. The van der Waals surface area contributed by atoms with Crippen molar-refractivity contribution in [3.63, 3.8) is 0 Å². The molecule has 1 aliphatic rings. The molecule has 1 rings (SSSR count). The lowest BCUT2D eigenvalue weighted by atomic mass is 10.1. The topological polar surface area (TPSA) is 92.8 Å². The predicted molar refractivity (Wildman–Crippen MR) is 40.2 cm³/mol. The average molecular weight is 175 g/mol. The molecule has 0 aromatic carbocycles. The van der Waals surface area contributed by atoms with Crippen molar-refractivity contribution in [3.05, 3.63) is 0 Å². The van der Waals surface area contributed by atoms with Gasteiger partial charge in [-0.25, -0.2) is 0 Å². The zero-order valence-corrected chi connectivity index (χ0v) is 6.80. The molecule has 4 unspecified atom stereocenters. The van der Waals surface area contributed by atoms with Crippen LogP contribution in [0.1, 0.15) is 13.3 Å². The second-order valence-electron chi connectivity index (χ2n) is 3.05. The van der Waals surface area contributed by atoms with Crippen LogP contribution in [-0.4, -0.2) is 40.5 Å². The van der Waals surface area contributed by atoms with E-state index in [0.717, 1.165) is 0 Å². The summed E-state index contributed by atoms with van der Waals surface area (Å²) in [5.41, 5.74) is 5.34. The van der Waals surface area contributed by atoms with Crippen molar-refractivity contribution in [3.8, 4) is 0 Å². The fraction of sp³-hybridized carbons (Fsp3) is 0.857. The van der Waals surface area contributed by atoms with Gasteiger partial charge in [-0.05, 0) is 6.92 Å². The Morgan fingerprint density at radius 3 is 2.58 bits per heavy atom. The number of hydrogen-bond acceptors (Lipinski definition) is 5. The molecule has 0 saturated carbocycles. The molecule has 4 atom stereocenters. The van der Waals surface area contributed by atoms with Crippen molar-refractivity contribution in [2.24, 2.45) is 5.73 Å². The van der Waals surface area contributed by atoms with E-state index in [0.29, 0.717) is 0 Å². The minimum Gasteiger partial charge on any atom is -0.458 e. The van der Waals surface area contributed by atoms with Crippen LogP contribution in [0.5, 0.6) is 0 Å². The van der Waals surface area contributed by atoms with E-state index in [-0.39, 0.29) is 6.42 Å². The summed E-state index contributed by atoms with van der Waals surface area (Å²) in [4.78, 5) is 10.8. The van der Waals surface area contributed by atoms with Crippen molar-refractivity contribution in [1.82, 2.24) is 0 Å². The highest BCUT2D eigenvalue weighted by Crippen LogP contribution is 2.18. The minimum absolute atomic E-state index is 0.269. The maximum Gasteiger partial charge on any atom is 0.323 e. The number of hydrogen-bond donors (Lipinski definition) is 3. The Morgan fingerprint density at radius 1 is 1.67 bits per heavy atom. The number of carbonyl (C=O) groups is 1. The molecule has 12 heavy (non-hydrogen) atoms. The van der Waals surface area contributed by atoms with Gasteiger partial charge in [0, 0.05) is 6.42 Å². The van der Waals surface area contributed by atoms with Crippen molar-refractivity contribution < 1.29 is 19.7 Å². The molecule has 0 aromatic heterocycles. The maximum absolute atomic E-state index is 10.8. The van der Waals surface area contributed by atoms with E-state index in [1.165, 1.54) is 6.92 Å². The fourth-order valence-corrected chi connectivity index (χ4v) is 1.15. The van der Waals surface area contributed by atoms with Crippen molar-refractivity contribution in [1.29, 1.82) is 0 Å². The lowest BCUT2D eigenvalue weighted by molar-refractivity contribution is -0.149. The van der Waals surface area contributed by atoms with E-state index >= 15 is 0 Å². The molecule has 1 fully saturated rings. The van der Waals surface area contributed by atoms with Crippen LogP contribution in [0.15, 0.2) is 0 Å². The highest BCUT2D eigenvalue weighted by molar-refractivity contribution is 5.77. The van der Waals surface area contributed by atoms with Crippen molar-refractivity contribution in [2.45, 2.75) is 37.7 Å². The van der Waals surface area contributed by atoms with Gasteiger partial charge in [0.25, 0.3) is 0 Å². The highest BCUT2D eigenvalue weighted by atomic mass is 16.6. The Labute approximate surface area is 70.1 Å². The summed E-state index contributed by atoms with van der Waals surface area (Å²) >= 11 is 0. The van der Waals surface area contributed by atoms with Crippen LogP contribution in [-0.2, 0) is 9.53 Å². The van der Waals surface area contributed by atoms with Crippen LogP contribution in [0.3, 0.4) is 0 Å². The van der Waals surface area contributed by atoms with E-state index in [4.69, 9.17) is 15.6 Å².